The Hall–Kier alpha value is -1.06. The normalized spacial score (nSPS) is 19.2. The van der Waals surface area contributed by atoms with Gasteiger partial charge in [0.2, 0.25) is 5.91 Å². The molecule has 0 saturated carbocycles. The van der Waals surface area contributed by atoms with Gasteiger partial charge in [0.15, 0.2) is 0 Å². The zero-order valence-corrected chi connectivity index (χ0v) is 11.4. The number of unbranched alkanes of at least 4 members (excludes halogenated alkanes) is 5. The Morgan fingerprint density at radius 2 is 1.83 bits per heavy atom. The zero-order valence-electron chi connectivity index (χ0n) is 11.4. The van der Waals surface area contributed by atoms with Gasteiger partial charge in [-0.3, -0.25) is 4.79 Å². The van der Waals surface area contributed by atoms with E-state index in [4.69, 9.17) is 5.11 Å². The monoisotopic (exact) mass is 255 g/mol. The molecule has 0 aromatic carbocycles. The van der Waals surface area contributed by atoms with Crippen molar-refractivity contribution in [2.75, 3.05) is 6.54 Å². The van der Waals surface area contributed by atoms with Crippen molar-refractivity contribution in [3.05, 3.63) is 0 Å². The van der Waals surface area contributed by atoms with E-state index in [1.807, 2.05) is 0 Å². The van der Waals surface area contributed by atoms with Crippen LogP contribution in [0.25, 0.3) is 0 Å². The first kappa shape index (κ1) is 15.0. The number of hydrogen-bond acceptors (Lipinski definition) is 2. The van der Waals surface area contributed by atoms with Crippen molar-refractivity contribution >= 4 is 11.9 Å². The number of hydrogen-bond donors (Lipinski definition) is 1. The summed E-state index contributed by atoms with van der Waals surface area (Å²) in [4.78, 5) is 24.4. The second-order valence-corrected chi connectivity index (χ2v) is 5.10. The van der Waals surface area contributed by atoms with E-state index in [-0.39, 0.29) is 5.91 Å². The lowest BCUT2D eigenvalue weighted by molar-refractivity contribution is -0.148. The number of carbonyl (C=O) groups excluding carboxylic acids is 1. The molecule has 4 heteroatoms. The summed E-state index contributed by atoms with van der Waals surface area (Å²) >= 11 is 0. The lowest BCUT2D eigenvalue weighted by atomic mass is 10.1. The number of carbonyl (C=O) groups is 2. The van der Waals surface area contributed by atoms with Crippen LogP contribution < -0.4 is 0 Å². The molecule has 0 unspecified atom stereocenters. The van der Waals surface area contributed by atoms with Crippen LogP contribution in [0.1, 0.15) is 64.7 Å². The van der Waals surface area contributed by atoms with E-state index in [2.05, 4.69) is 6.92 Å². The van der Waals surface area contributed by atoms with Crippen molar-refractivity contribution in [3.63, 3.8) is 0 Å². The molecule has 0 bridgehead atoms. The van der Waals surface area contributed by atoms with Gasteiger partial charge in [0.25, 0.3) is 0 Å². The van der Waals surface area contributed by atoms with Crippen LogP contribution in [0.15, 0.2) is 0 Å². The third-order valence-corrected chi connectivity index (χ3v) is 3.60. The summed E-state index contributed by atoms with van der Waals surface area (Å²) in [6.07, 6.45) is 8.83. The van der Waals surface area contributed by atoms with Gasteiger partial charge in [-0.1, -0.05) is 39.0 Å². The minimum absolute atomic E-state index is 0.0235. The zero-order chi connectivity index (χ0) is 13.4. The second-order valence-electron chi connectivity index (χ2n) is 5.10. The van der Waals surface area contributed by atoms with E-state index >= 15 is 0 Å². The van der Waals surface area contributed by atoms with Crippen LogP contribution in [-0.2, 0) is 9.59 Å². The van der Waals surface area contributed by atoms with Crippen LogP contribution in [0.4, 0.5) is 0 Å². The first-order valence-corrected chi connectivity index (χ1v) is 7.19. The van der Waals surface area contributed by atoms with E-state index in [0.29, 0.717) is 19.4 Å². The summed E-state index contributed by atoms with van der Waals surface area (Å²) in [5, 5.41) is 9.01. The molecule has 1 rings (SSSR count). The van der Waals surface area contributed by atoms with Gasteiger partial charge in [-0.15, -0.1) is 0 Å². The molecule has 1 aliphatic heterocycles. The lowest BCUT2D eigenvalue weighted by Gasteiger charge is -2.21. The van der Waals surface area contributed by atoms with Crippen LogP contribution in [-0.4, -0.2) is 34.5 Å². The van der Waals surface area contributed by atoms with Gasteiger partial charge in [-0.25, -0.2) is 4.79 Å². The minimum Gasteiger partial charge on any atom is -0.480 e. The largest absolute Gasteiger partial charge is 0.480 e. The molecule has 1 fully saturated rings. The Bertz CT molecular complexity index is 278. The van der Waals surface area contributed by atoms with Crippen molar-refractivity contribution in [3.8, 4) is 0 Å². The average Bonchev–Trinajstić information content (AvgIpc) is 2.82. The molecule has 0 aliphatic carbocycles. The fourth-order valence-electron chi connectivity index (χ4n) is 2.52. The van der Waals surface area contributed by atoms with Crippen molar-refractivity contribution in [2.45, 2.75) is 70.8 Å². The molecule has 0 aromatic rings. The average molecular weight is 255 g/mol. The molecule has 1 saturated heterocycles. The summed E-state index contributed by atoms with van der Waals surface area (Å²) in [7, 11) is 0. The topological polar surface area (TPSA) is 57.6 Å². The van der Waals surface area contributed by atoms with Crippen LogP contribution in [0.5, 0.6) is 0 Å². The highest BCUT2D eigenvalue weighted by Crippen LogP contribution is 2.19. The Morgan fingerprint density at radius 1 is 1.17 bits per heavy atom. The van der Waals surface area contributed by atoms with Gasteiger partial charge in [0.1, 0.15) is 6.04 Å². The molecule has 1 amide bonds. The molecule has 0 spiro atoms. The van der Waals surface area contributed by atoms with Gasteiger partial charge in [-0.05, 0) is 19.3 Å². The molecule has 1 heterocycles. The Labute approximate surface area is 109 Å². The van der Waals surface area contributed by atoms with Crippen molar-refractivity contribution in [1.82, 2.24) is 4.90 Å². The fraction of sp³-hybridized carbons (Fsp3) is 0.857. The predicted octanol–water partition coefficient (Wildman–Crippen LogP) is 2.81. The van der Waals surface area contributed by atoms with Gasteiger partial charge in [-0.2, -0.15) is 0 Å². The highest BCUT2D eigenvalue weighted by atomic mass is 16.4. The third kappa shape index (κ3) is 4.67. The molecule has 1 atom stereocenters. The number of carboxylic acid groups (broad SMARTS) is 1. The fourth-order valence-corrected chi connectivity index (χ4v) is 2.52. The summed E-state index contributed by atoms with van der Waals surface area (Å²) in [5.74, 6) is -0.834. The van der Waals surface area contributed by atoms with Crippen LogP contribution in [0, 0.1) is 0 Å². The molecular formula is C14H25NO3. The first-order valence-electron chi connectivity index (χ1n) is 7.19. The van der Waals surface area contributed by atoms with Crippen molar-refractivity contribution in [1.29, 1.82) is 0 Å². The standard InChI is InChI=1S/C14H25NO3/c1-2-3-4-5-6-7-10-13(16)15-11-8-9-12(15)14(17)18/h12H,2-11H2,1H3,(H,17,18)/t12-/m1/s1. The van der Waals surface area contributed by atoms with Crippen molar-refractivity contribution < 1.29 is 14.7 Å². The van der Waals surface area contributed by atoms with Crippen LogP contribution >= 0.6 is 0 Å². The van der Waals surface area contributed by atoms with Gasteiger partial charge < -0.3 is 10.0 Å². The number of nitrogens with zero attached hydrogens (tertiary/aromatic N) is 1. The number of rotatable bonds is 8. The number of carboxylic acids is 1. The molecule has 1 N–H and O–H groups in total. The van der Waals surface area contributed by atoms with Crippen LogP contribution in [0.2, 0.25) is 0 Å². The SMILES string of the molecule is CCCCCCCCC(=O)N1CCC[C@@H]1C(=O)O. The smallest absolute Gasteiger partial charge is 0.326 e. The maximum absolute atomic E-state index is 11.9. The Balaban J connectivity index is 2.18. The van der Waals surface area contributed by atoms with E-state index in [1.54, 1.807) is 4.90 Å². The Kier molecular flexibility index (Phi) is 6.76. The van der Waals surface area contributed by atoms with Gasteiger partial charge >= 0.3 is 5.97 Å². The molecule has 4 nitrogen and oxygen atoms in total. The highest BCUT2D eigenvalue weighted by Gasteiger charge is 2.33. The molecule has 0 radical (unpaired) electrons. The Morgan fingerprint density at radius 3 is 2.50 bits per heavy atom. The van der Waals surface area contributed by atoms with Crippen molar-refractivity contribution in [2.24, 2.45) is 0 Å². The predicted molar refractivity (Wildman–Crippen MR) is 70.4 cm³/mol. The molecule has 0 aromatic heterocycles. The first-order chi connectivity index (χ1) is 8.66. The maximum Gasteiger partial charge on any atom is 0.326 e. The molecule has 104 valence electrons. The van der Waals surface area contributed by atoms with E-state index in [1.165, 1.54) is 25.7 Å². The third-order valence-electron chi connectivity index (χ3n) is 3.60. The van der Waals surface area contributed by atoms with E-state index in [9.17, 15) is 9.59 Å². The molecule has 1 aliphatic rings. The maximum atomic E-state index is 11.9. The quantitative estimate of drug-likeness (QED) is 0.678. The lowest BCUT2D eigenvalue weighted by Crippen LogP contribution is -2.40. The number of amides is 1. The summed E-state index contributed by atoms with van der Waals surface area (Å²) in [6.45, 7) is 2.80. The van der Waals surface area contributed by atoms with E-state index in [0.717, 1.165) is 19.3 Å². The molecule has 18 heavy (non-hydrogen) atoms. The van der Waals surface area contributed by atoms with Gasteiger partial charge in [0, 0.05) is 13.0 Å². The second kappa shape index (κ2) is 8.11. The van der Waals surface area contributed by atoms with Gasteiger partial charge in [0.05, 0.1) is 0 Å². The van der Waals surface area contributed by atoms with Crippen LogP contribution in [0.3, 0.4) is 0 Å². The summed E-state index contributed by atoms with van der Waals surface area (Å²) in [6, 6.07) is -0.572. The number of likely N-dealkylation sites (tertiary alicyclic amines) is 1. The molecular weight excluding hydrogens is 230 g/mol. The van der Waals surface area contributed by atoms with E-state index < -0.39 is 12.0 Å². The summed E-state index contributed by atoms with van der Waals surface area (Å²) < 4.78 is 0. The summed E-state index contributed by atoms with van der Waals surface area (Å²) in [5.41, 5.74) is 0. The minimum atomic E-state index is -0.858. The number of aliphatic carboxylic acids is 1. The highest BCUT2D eigenvalue weighted by molar-refractivity contribution is 5.84.